The fourth-order valence-corrected chi connectivity index (χ4v) is 3.31. The number of para-hydroxylation sites is 1. The van der Waals surface area contributed by atoms with Gasteiger partial charge in [0.25, 0.3) is 11.8 Å². The minimum Gasteiger partial charge on any atom is -0.379 e. The Hall–Kier alpha value is -2.77. The van der Waals surface area contributed by atoms with E-state index >= 15 is 0 Å². The molecular weight excluding hydrogens is 387 g/mol. The highest BCUT2D eigenvalue weighted by Gasteiger charge is 2.18. The second kappa shape index (κ2) is 10.8. The van der Waals surface area contributed by atoms with Crippen molar-refractivity contribution in [2.24, 2.45) is 0 Å². The van der Waals surface area contributed by atoms with Crippen LogP contribution in [0.3, 0.4) is 0 Å². The zero-order valence-electron chi connectivity index (χ0n) is 17.1. The highest BCUT2D eigenvalue weighted by atomic mass is 19.1. The second-order valence-corrected chi connectivity index (χ2v) is 7.25. The van der Waals surface area contributed by atoms with Gasteiger partial charge in [-0.15, -0.1) is 0 Å². The molecule has 7 heteroatoms. The predicted octanol–water partition coefficient (Wildman–Crippen LogP) is 3.70. The first-order valence-electron chi connectivity index (χ1n) is 10.2. The second-order valence-electron chi connectivity index (χ2n) is 7.25. The fraction of sp³-hybridized carbons (Fsp3) is 0.391. The summed E-state index contributed by atoms with van der Waals surface area (Å²) in [5.74, 6) is -1.52. The third-order valence-electron chi connectivity index (χ3n) is 4.95. The van der Waals surface area contributed by atoms with Crippen LogP contribution in [0.4, 0.5) is 10.1 Å². The van der Waals surface area contributed by atoms with Crippen LogP contribution in [0.15, 0.2) is 42.5 Å². The quantitative estimate of drug-likeness (QED) is 0.614. The van der Waals surface area contributed by atoms with Crippen LogP contribution in [0, 0.1) is 12.7 Å². The minimum absolute atomic E-state index is 0.0736. The average molecular weight is 414 g/mol. The van der Waals surface area contributed by atoms with E-state index in [1.54, 1.807) is 31.2 Å². The van der Waals surface area contributed by atoms with Crippen LogP contribution in [0.25, 0.3) is 0 Å². The molecule has 2 N–H and O–H groups in total. The number of benzene rings is 2. The van der Waals surface area contributed by atoms with Crippen molar-refractivity contribution in [3.8, 4) is 0 Å². The molecule has 1 unspecified atom stereocenters. The lowest BCUT2D eigenvalue weighted by atomic mass is 10.1. The third-order valence-corrected chi connectivity index (χ3v) is 4.95. The van der Waals surface area contributed by atoms with Crippen LogP contribution < -0.4 is 10.6 Å². The Kier molecular flexibility index (Phi) is 7.93. The normalized spacial score (nSPS) is 15.7. The molecule has 0 radical (unpaired) electrons. The third kappa shape index (κ3) is 5.87. The maximum atomic E-state index is 13.9. The van der Waals surface area contributed by atoms with Gasteiger partial charge in [-0.25, -0.2) is 4.39 Å². The number of hydrogen-bond acceptors (Lipinski definition) is 4. The highest BCUT2D eigenvalue weighted by Crippen LogP contribution is 2.22. The minimum atomic E-state index is -0.613. The average Bonchev–Trinajstić information content (AvgIpc) is 3.25. The molecule has 0 aliphatic carbocycles. The van der Waals surface area contributed by atoms with Crippen molar-refractivity contribution < 1.29 is 23.5 Å². The number of nitrogens with one attached hydrogen (secondary N) is 2. The highest BCUT2D eigenvalue weighted by molar-refractivity contribution is 6.09. The first-order chi connectivity index (χ1) is 14.6. The lowest BCUT2D eigenvalue weighted by molar-refractivity contribution is 0.0166. The number of ether oxygens (including phenoxy) is 2. The summed E-state index contributed by atoms with van der Waals surface area (Å²) in [4.78, 5) is 25.1. The van der Waals surface area contributed by atoms with Crippen LogP contribution >= 0.6 is 0 Å². The molecule has 1 saturated heterocycles. The van der Waals surface area contributed by atoms with Gasteiger partial charge in [-0.05, 0) is 49.9 Å². The van der Waals surface area contributed by atoms with Gasteiger partial charge >= 0.3 is 0 Å². The molecule has 1 heterocycles. The number of halogens is 1. The van der Waals surface area contributed by atoms with Gasteiger partial charge in [0.2, 0.25) is 0 Å². The van der Waals surface area contributed by atoms with Crippen LogP contribution in [-0.2, 0) is 9.47 Å². The van der Waals surface area contributed by atoms with Crippen LogP contribution in [0.5, 0.6) is 0 Å². The van der Waals surface area contributed by atoms with E-state index in [0.717, 1.165) is 19.4 Å². The summed E-state index contributed by atoms with van der Waals surface area (Å²) in [7, 11) is 0. The van der Waals surface area contributed by atoms with Crippen LogP contribution in [0.1, 0.15) is 45.5 Å². The molecule has 0 spiro atoms. The molecule has 2 amide bonds. The van der Waals surface area contributed by atoms with Gasteiger partial charge in [0.15, 0.2) is 0 Å². The number of aryl methyl sites for hydroxylation is 1. The number of rotatable bonds is 9. The molecule has 160 valence electrons. The van der Waals surface area contributed by atoms with E-state index in [9.17, 15) is 14.0 Å². The van der Waals surface area contributed by atoms with E-state index in [0.29, 0.717) is 43.0 Å². The number of hydrogen-bond donors (Lipinski definition) is 2. The van der Waals surface area contributed by atoms with Gasteiger partial charge < -0.3 is 20.1 Å². The van der Waals surface area contributed by atoms with Gasteiger partial charge in [0.1, 0.15) is 5.82 Å². The molecule has 30 heavy (non-hydrogen) atoms. The summed E-state index contributed by atoms with van der Waals surface area (Å²) >= 11 is 0. The summed E-state index contributed by atoms with van der Waals surface area (Å²) < 4.78 is 25.0. The lowest BCUT2D eigenvalue weighted by Gasteiger charge is -2.14. The monoisotopic (exact) mass is 414 g/mol. The van der Waals surface area contributed by atoms with Crippen molar-refractivity contribution in [3.63, 3.8) is 0 Å². The molecule has 0 aromatic heterocycles. The summed E-state index contributed by atoms with van der Waals surface area (Å²) in [6, 6.07) is 10.9. The molecule has 2 aromatic rings. The molecule has 0 bridgehead atoms. The number of carbonyl (C=O) groups excluding carboxylic acids is 2. The molecule has 1 atom stereocenters. The topological polar surface area (TPSA) is 76.7 Å². The zero-order chi connectivity index (χ0) is 21.3. The van der Waals surface area contributed by atoms with Crippen LogP contribution in [-0.4, -0.2) is 44.3 Å². The van der Waals surface area contributed by atoms with Gasteiger partial charge in [0, 0.05) is 19.8 Å². The summed E-state index contributed by atoms with van der Waals surface area (Å²) in [6.45, 7) is 4.14. The van der Waals surface area contributed by atoms with E-state index in [1.807, 2.05) is 0 Å². The van der Waals surface area contributed by atoms with Gasteiger partial charge in [-0.1, -0.05) is 24.3 Å². The van der Waals surface area contributed by atoms with E-state index in [-0.39, 0.29) is 17.6 Å². The van der Waals surface area contributed by atoms with E-state index in [4.69, 9.17) is 9.47 Å². The molecule has 2 aromatic carbocycles. The summed E-state index contributed by atoms with van der Waals surface area (Å²) in [5, 5.41) is 5.52. The standard InChI is InChI=1S/C23H27FN2O4/c1-16-7-4-10-19(21(16)26-23(28)18-9-2-3-11-20(18)24)22(27)25-12-6-13-29-15-17-8-5-14-30-17/h2-4,7,9-11,17H,5-6,8,12-15H2,1H3,(H,25,27)(H,26,28). The van der Waals surface area contributed by atoms with Gasteiger partial charge in [-0.2, -0.15) is 0 Å². The van der Waals surface area contributed by atoms with E-state index in [1.165, 1.54) is 18.2 Å². The smallest absolute Gasteiger partial charge is 0.258 e. The van der Waals surface area contributed by atoms with E-state index < -0.39 is 11.7 Å². The van der Waals surface area contributed by atoms with E-state index in [2.05, 4.69) is 10.6 Å². The fourth-order valence-electron chi connectivity index (χ4n) is 3.31. The predicted molar refractivity (Wildman–Crippen MR) is 112 cm³/mol. The molecule has 3 rings (SSSR count). The SMILES string of the molecule is Cc1cccc(C(=O)NCCCOCC2CCCO2)c1NC(=O)c1ccccc1F. The molecule has 0 saturated carbocycles. The molecular formula is C23H27FN2O4. The Morgan fingerprint density at radius 3 is 2.70 bits per heavy atom. The van der Waals surface area contributed by atoms with Crippen molar-refractivity contribution >= 4 is 17.5 Å². The molecule has 1 fully saturated rings. The van der Waals surface area contributed by atoms with Crippen molar-refractivity contribution in [1.82, 2.24) is 5.32 Å². The summed E-state index contributed by atoms with van der Waals surface area (Å²) in [5.41, 5.74) is 1.35. The maximum Gasteiger partial charge on any atom is 0.258 e. The first kappa shape index (κ1) is 21.9. The number of carbonyl (C=O) groups is 2. The first-order valence-corrected chi connectivity index (χ1v) is 10.2. The molecule has 6 nitrogen and oxygen atoms in total. The molecule has 1 aliphatic rings. The van der Waals surface area contributed by atoms with Gasteiger partial charge in [0.05, 0.1) is 29.5 Å². The Morgan fingerprint density at radius 2 is 1.93 bits per heavy atom. The zero-order valence-corrected chi connectivity index (χ0v) is 17.1. The Labute approximate surface area is 175 Å². The summed E-state index contributed by atoms with van der Waals surface area (Å²) in [6.07, 6.45) is 2.97. The number of amides is 2. The largest absolute Gasteiger partial charge is 0.379 e. The van der Waals surface area contributed by atoms with Crippen LogP contribution in [0.2, 0.25) is 0 Å². The van der Waals surface area contributed by atoms with Crippen molar-refractivity contribution in [3.05, 3.63) is 65.0 Å². The number of anilines is 1. The van der Waals surface area contributed by atoms with Crippen molar-refractivity contribution in [2.75, 3.05) is 31.7 Å². The Bertz CT molecular complexity index is 881. The van der Waals surface area contributed by atoms with Gasteiger partial charge in [-0.3, -0.25) is 9.59 Å². The Balaban J connectivity index is 1.53. The van der Waals surface area contributed by atoms with Crippen molar-refractivity contribution in [2.45, 2.75) is 32.3 Å². The maximum absolute atomic E-state index is 13.9. The lowest BCUT2D eigenvalue weighted by Crippen LogP contribution is -2.27. The van der Waals surface area contributed by atoms with Crippen molar-refractivity contribution in [1.29, 1.82) is 0 Å². The Morgan fingerprint density at radius 1 is 1.13 bits per heavy atom. The molecule has 1 aliphatic heterocycles.